The quantitative estimate of drug-likeness (QED) is 0.453. The first-order valence-corrected chi connectivity index (χ1v) is 11.0. The van der Waals surface area contributed by atoms with E-state index in [1.54, 1.807) is 40.9 Å². The lowest BCUT2D eigenvalue weighted by Gasteiger charge is -2.10. The van der Waals surface area contributed by atoms with Gasteiger partial charge in [-0.05, 0) is 47.5 Å². The highest BCUT2D eigenvalue weighted by Gasteiger charge is 2.14. The summed E-state index contributed by atoms with van der Waals surface area (Å²) >= 11 is 0. The molecule has 0 atom stereocenters. The van der Waals surface area contributed by atoms with Crippen molar-refractivity contribution in [1.82, 2.24) is 19.8 Å². The molecule has 8 heteroatoms. The van der Waals surface area contributed by atoms with Crippen LogP contribution >= 0.6 is 0 Å². The lowest BCUT2D eigenvalue weighted by atomic mass is 10.1. The molecule has 0 saturated heterocycles. The van der Waals surface area contributed by atoms with Crippen LogP contribution in [0.3, 0.4) is 0 Å². The van der Waals surface area contributed by atoms with Crippen LogP contribution in [0.25, 0.3) is 28.0 Å². The molecule has 2 heterocycles. The Bertz CT molecular complexity index is 1450. The molecule has 5 rings (SSSR count). The molecule has 3 aromatic carbocycles. The first-order valence-electron chi connectivity index (χ1n) is 9.54. The molecule has 0 aliphatic rings. The number of nitrogens with one attached hydrogen (secondary N) is 1. The number of fused-ring (bicyclic) bond motifs is 1. The molecule has 0 fully saturated rings. The summed E-state index contributed by atoms with van der Waals surface area (Å²) in [4.78, 5) is 0.205. The van der Waals surface area contributed by atoms with E-state index in [9.17, 15) is 8.42 Å². The predicted molar refractivity (Wildman–Crippen MR) is 119 cm³/mol. The number of anilines is 1. The molecular formula is C23H17N5O2S. The van der Waals surface area contributed by atoms with Crippen molar-refractivity contribution in [2.45, 2.75) is 4.90 Å². The third kappa shape index (κ3) is 3.88. The molecule has 0 unspecified atom stereocenters. The number of hydrogen-bond acceptors (Lipinski definition) is 5. The number of rotatable bonds is 5. The second-order valence-corrected chi connectivity index (χ2v) is 8.61. The standard InChI is InChI=1S/C23H17N5O2S/c29-31(30,21-12-8-18(9-13-21)17-4-2-1-3-5-17)27-20-10-6-19(7-11-20)22-14-15-23-25-24-16-28(23)26-22/h1-16,27H. The Morgan fingerprint density at radius 3 is 2.13 bits per heavy atom. The molecule has 0 radical (unpaired) electrons. The van der Waals surface area contributed by atoms with Gasteiger partial charge in [0.15, 0.2) is 5.65 Å². The Morgan fingerprint density at radius 2 is 1.39 bits per heavy atom. The van der Waals surface area contributed by atoms with Crippen molar-refractivity contribution in [2.24, 2.45) is 0 Å². The zero-order valence-corrected chi connectivity index (χ0v) is 17.1. The minimum Gasteiger partial charge on any atom is -0.280 e. The van der Waals surface area contributed by atoms with E-state index in [1.807, 2.05) is 54.6 Å². The van der Waals surface area contributed by atoms with Crippen molar-refractivity contribution >= 4 is 21.4 Å². The Kier molecular flexibility index (Phi) is 4.68. The van der Waals surface area contributed by atoms with Crippen molar-refractivity contribution in [1.29, 1.82) is 0 Å². The van der Waals surface area contributed by atoms with Gasteiger partial charge < -0.3 is 0 Å². The summed E-state index contributed by atoms with van der Waals surface area (Å²) in [6.45, 7) is 0. The fourth-order valence-electron chi connectivity index (χ4n) is 3.26. The minimum atomic E-state index is -3.70. The summed E-state index contributed by atoms with van der Waals surface area (Å²) in [5, 5.41) is 12.2. The third-order valence-corrected chi connectivity index (χ3v) is 6.26. The Balaban J connectivity index is 1.35. The van der Waals surface area contributed by atoms with E-state index in [-0.39, 0.29) is 4.90 Å². The van der Waals surface area contributed by atoms with Crippen molar-refractivity contribution in [3.63, 3.8) is 0 Å². The average Bonchev–Trinajstić information content (AvgIpc) is 3.28. The molecule has 31 heavy (non-hydrogen) atoms. The number of nitrogens with zero attached hydrogens (tertiary/aromatic N) is 4. The smallest absolute Gasteiger partial charge is 0.261 e. The maximum atomic E-state index is 12.8. The lowest BCUT2D eigenvalue weighted by Crippen LogP contribution is -2.12. The van der Waals surface area contributed by atoms with E-state index in [4.69, 9.17) is 0 Å². The summed E-state index contributed by atoms with van der Waals surface area (Å²) in [7, 11) is -3.70. The van der Waals surface area contributed by atoms with Gasteiger partial charge in [-0.1, -0.05) is 54.6 Å². The van der Waals surface area contributed by atoms with Crippen LogP contribution in [0.15, 0.2) is 102 Å². The molecule has 7 nitrogen and oxygen atoms in total. The first-order chi connectivity index (χ1) is 15.1. The Morgan fingerprint density at radius 1 is 0.710 bits per heavy atom. The van der Waals surface area contributed by atoms with Gasteiger partial charge in [0.25, 0.3) is 10.0 Å². The monoisotopic (exact) mass is 427 g/mol. The fraction of sp³-hybridized carbons (Fsp3) is 0. The van der Waals surface area contributed by atoms with Gasteiger partial charge in [-0.15, -0.1) is 10.2 Å². The Hall–Kier alpha value is -4.04. The zero-order valence-electron chi connectivity index (χ0n) is 16.3. The normalized spacial score (nSPS) is 11.5. The first kappa shape index (κ1) is 19.0. The van der Waals surface area contributed by atoms with Crippen LogP contribution in [-0.2, 0) is 10.0 Å². The molecular weight excluding hydrogens is 410 g/mol. The molecule has 0 aliphatic heterocycles. The average molecular weight is 427 g/mol. The predicted octanol–water partition coefficient (Wildman–Crippen LogP) is 4.26. The van der Waals surface area contributed by atoms with Crippen LogP contribution in [0.5, 0.6) is 0 Å². The second-order valence-electron chi connectivity index (χ2n) is 6.93. The van der Waals surface area contributed by atoms with Gasteiger partial charge in [0.1, 0.15) is 6.33 Å². The third-order valence-electron chi connectivity index (χ3n) is 4.87. The van der Waals surface area contributed by atoms with E-state index in [0.29, 0.717) is 11.3 Å². The van der Waals surface area contributed by atoms with Crippen LogP contribution in [0.1, 0.15) is 0 Å². The van der Waals surface area contributed by atoms with Crippen molar-refractivity contribution in [2.75, 3.05) is 4.72 Å². The highest BCUT2D eigenvalue weighted by molar-refractivity contribution is 7.92. The van der Waals surface area contributed by atoms with Crippen LogP contribution in [0.4, 0.5) is 5.69 Å². The van der Waals surface area contributed by atoms with Crippen LogP contribution in [-0.4, -0.2) is 28.2 Å². The topological polar surface area (TPSA) is 89.2 Å². The summed E-state index contributed by atoms with van der Waals surface area (Å²) in [6, 6.07) is 27.4. The van der Waals surface area contributed by atoms with Crippen LogP contribution in [0.2, 0.25) is 0 Å². The number of sulfonamides is 1. The summed E-state index contributed by atoms with van der Waals surface area (Å²) < 4.78 is 29.8. The van der Waals surface area contributed by atoms with E-state index in [2.05, 4.69) is 20.0 Å². The van der Waals surface area contributed by atoms with Crippen LogP contribution < -0.4 is 4.72 Å². The molecule has 2 aromatic heterocycles. The van der Waals surface area contributed by atoms with Gasteiger partial charge in [-0.25, -0.2) is 8.42 Å². The van der Waals surface area contributed by atoms with Crippen molar-refractivity contribution < 1.29 is 8.42 Å². The molecule has 0 aliphatic carbocycles. The van der Waals surface area contributed by atoms with Crippen molar-refractivity contribution in [3.05, 3.63) is 97.3 Å². The SMILES string of the molecule is O=S(=O)(Nc1ccc(-c2ccc3nncn3n2)cc1)c1ccc(-c2ccccc2)cc1. The molecule has 1 N–H and O–H groups in total. The highest BCUT2D eigenvalue weighted by Crippen LogP contribution is 2.24. The van der Waals surface area contributed by atoms with Gasteiger partial charge >= 0.3 is 0 Å². The maximum Gasteiger partial charge on any atom is 0.261 e. The second kappa shape index (κ2) is 7.66. The molecule has 5 aromatic rings. The summed E-state index contributed by atoms with van der Waals surface area (Å²) in [6.07, 6.45) is 1.53. The molecule has 0 spiro atoms. The summed E-state index contributed by atoms with van der Waals surface area (Å²) in [5.74, 6) is 0. The molecule has 152 valence electrons. The molecule has 0 amide bonds. The molecule has 0 saturated carbocycles. The minimum absolute atomic E-state index is 0.205. The number of benzene rings is 3. The van der Waals surface area contributed by atoms with Crippen LogP contribution in [0, 0.1) is 0 Å². The largest absolute Gasteiger partial charge is 0.280 e. The number of hydrogen-bond donors (Lipinski definition) is 1. The Labute approximate surface area is 179 Å². The number of aromatic nitrogens is 4. The molecule has 0 bridgehead atoms. The fourth-order valence-corrected chi connectivity index (χ4v) is 4.32. The van der Waals surface area contributed by atoms with E-state index >= 15 is 0 Å². The zero-order chi connectivity index (χ0) is 21.3. The van der Waals surface area contributed by atoms with Crippen molar-refractivity contribution in [3.8, 4) is 22.4 Å². The lowest BCUT2D eigenvalue weighted by molar-refractivity contribution is 0.601. The van der Waals surface area contributed by atoms with E-state index in [0.717, 1.165) is 22.4 Å². The van der Waals surface area contributed by atoms with Gasteiger partial charge in [0, 0.05) is 11.3 Å². The maximum absolute atomic E-state index is 12.8. The van der Waals surface area contributed by atoms with E-state index in [1.165, 1.54) is 6.33 Å². The summed E-state index contributed by atoms with van der Waals surface area (Å²) in [5.41, 5.74) is 4.71. The van der Waals surface area contributed by atoms with Gasteiger partial charge in [0.2, 0.25) is 0 Å². The van der Waals surface area contributed by atoms with Gasteiger partial charge in [-0.2, -0.15) is 9.61 Å². The highest BCUT2D eigenvalue weighted by atomic mass is 32.2. The van der Waals surface area contributed by atoms with E-state index < -0.39 is 10.0 Å². The van der Waals surface area contributed by atoms with Gasteiger partial charge in [-0.3, -0.25) is 4.72 Å². The van der Waals surface area contributed by atoms with Gasteiger partial charge in [0.05, 0.1) is 10.6 Å².